The smallest absolute Gasteiger partial charge is 0.243 e. The van der Waals surface area contributed by atoms with Crippen LogP contribution >= 0.6 is 0 Å². The van der Waals surface area contributed by atoms with E-state index in [1.165, 1.54) is 7.11 Å². The lowest BCUT2D eigenvalue weighted by molar-refractivity contribution is -0.133. The first-order valence-corrected chi connectivity index (χ1v) is 9.70. The van der Waals surface area contributed by atoms with E-state index in [1.807, 2.05) is 13.0 Å². The van der Waals surface area contributed by atoms with Crippen LogP contribution in [0.2, 0.25) is 0 Å². The summed E-state index contributed by atoms with van der Waals surface area (Å²) in [5.74, 6) is 0.0779. The van der Waals surface area contributed by atoms with Gasteiger partial charge in [-0.15, -0.1) is 0 Å². The molecule has 0 spiro atoms. The van der Waals surface area contributed by atoms with E-state index in [1.54, 1.807) is 21.9 Å². The van der Waals surface area contributed by atoms with Crippen LogP contribution in [0.5, 0.6) is 5.75 Å². The largest absolute Gasteiger partial charge is 0.495 e. The molecule has 0 bridgehead atoms. The van der Waals surface area contributed by atoms with Gasteiger partial charge in [-0.1, -0.05) is 6.07 Å². The van der Waals surface area contributed by atoms with Crippen LogP contribution in [0, 0.1) is 6.92 Å². The highest BCUT2D eigenvalue weighted by atomic mass is 32.2. The number of benzene rings is 1. The Bertz CT molecular complexity index is 742. The van der Waals surface area contributed by atoms with Crippen molar-refractivity contribution in [1.82, 2.24) is 9.80 Å². The van der Waals surface area contributed by atoms with Crippen molar-refractivity contribution in [3.8, 4) is 5.75 Å². The zero-order valence-electron chi connectivity index (χ0n) is 14.6. The quantitative estimate of drug-likeness (QED) is 0.662. The summed E-state index contributed by atoms with van der Waals surface area (Å²) >= 11 is 0. The molecular formula is C16H23N3O5S. The number of ether oxygens (including phenoxy) is 1. The maximum atomic E-state index is 12.6. The summed E-state index contributed by atoms with van der Waals surface area (Å²) in [6, 6.07) is 5.16. The highest BCUT2D eigenvalue weighted by molar-refractivity contribution is 7.92. The van der Waals surface area contributed by atoms with Crippen LogP contribution < -0.4 is 9.04 Å². The molecule has 9 heteroatoms. The molecule has 1 fully saturated rings. The summed E-state index contributed by atoms with van der Waals surface area (Å²) < 4.78 is 30.9. The number of aryl methyl sites for hydroxylation is 1. The molecule has 1 aliphatic heterocycles. The van der Waals surface area contributed by atoms with E-state index in [0.29, 0.717) is 37.6 Å². The summed E-state index contributed by atoms with van der Waals surface area (Å²) in [5.41, 5.74) is 1.20. The maximum Gasteiger partial charge on any atom is 0.243 e. The van der Waals surface area contributed by atoms with Gasteiger partial charge in [0, 0.05) is 26.2 Å². The Kier molecular flexibility index (Phi) is 5.89. The number of nitrogens with zero attached hydrogens (tertiary/aromatic N) is 3. The number of carbonyl (C=O) groups is 2. The third kappa shape index (κ3) is 4.62. The molecule has 8 nitrogen and oxygen atoms in total. The molecule has 1 heterocycles. The van der Waals surface area contributed by atoms with Gasteiger partial charge in [-0.2, -0.15) is 0 Å². The summed E-state index contributed by atoms with van der Waals surface area (Å²) in [7, 11) is -2.22. The van der Waals surface area contributed by atoms with Crippen LogP contribution in [0.3, 0.4) is 0 Å². The third-order valence-electron chi connectivity index (χ3n) is 4.10. The lowest BCUT2D eigenvalue weighted by Gasteiger charge is -2.34. The molecule has 138 valence electrons. The molecule has 0 aromatic heterocycles. The number of anilines is 1. The van der Waals surface area contributed by atoms with Gasteiger partial charge in [0.15, 0.2) is 0 Å². The van der Waals surface area contributed by atoms with E-state index < -0.39 is 10.0 Å². The fraction of sp³-hybridized carbons (Fsp3) is 0.500. The summed E-state index contributed by atoms with van der Waals surface area (Å²) in [6.45, 7) is 3.20. The van der Waals surface area contributed by atoms with E-state index in [-0.39, 0.29) is 12.5 Å². The molecule has 0 saturated carbocycles. The first kappa shape index (κ1) is 19.0. The van der Waals surface area contributed by atoms with Crippen molar-refractivity contribution >= 4 is 28.0 Å². The minimum Gasteiger partial charge on any atom is -0.495 e. The first-order valence-electron chi connectivity index (χ1n) is 7.85. The van der Waals surface area contributed by atoms with Crippen LogP contribution in [-0.4, -0.2) is 76.6 Å². The highest BCUT2D eigenvalue weighted by Crippen LogP contribution is 2.31. The van der Waals surface area contributed by atoms with Crippen LogP contribution in [-0.2, 0) is 19.6 Å². The van der Waals surface area contributed by atoms with Crippen molar-refractivity contribution in [3.05, 3.63) is 23.8 Å². The van der Waals surface area contributed by atoms with Crippen LogP contribution in [0.4, 0.5) is 5.69 Å². The predicted octanol–water partition coefficient (Wildman–Crippen LogP) is 0.0702. The molecule has 2 amide bonds. The number of hydrogen-bond acceptors (Lipinski definition) is 5. The van der Waals surface area contributed by atoms with Crippen molar-refractivity contribution in [3.63, 3.8) is 0 Å². The van der Waals surface area contributed by atoms with Crippen molar-refractivity contribution in [2.45, 2.75) is 6.92 Å². The van der Waals surface area contributed by atoms with Crippen LogP contribution in [0.15, 0.2) is 18.2 Å². The molecule has 1 aliphatic rings. The molecular weight excluding hydrogens is 346 g/mol. The van der Waals surface area contributed by atoms with E-state index in [2.05, 4.69) is 0 Å². The molecule has 1 saturated heterocycles. The molecule has 0 atom stereocenters. The second-order valence-corrected chi connectivity index (χ2v) is 7.87. The Hall–Kier alpha value is -2.29. The molecule has 25 heavy (non-hydrogen) atoms. The van der Waals surface area contributed by atoms with Gasteiger partial charge in [-0.3, -0.25) is 13.9 Å². The van der Waals surface area contributed by atoms with Crippen molar-refractivity contribution in [2.24, 2.45) is 0 Å². The number of sulfonamides is 1. The van der Waals surface area contributed by atoms with E-state index in [0.717, 1.165) is 22.5 Å². The second-order valence-electron chi connectivity index (χ2n) is 5.97. The highest BCUT2D eigenvalue weighted by Gasteiger charge is 2.28. The van der Waals surface area contributed by atoms with Gasteiger partial charge < -0.3 is 14.5 Å². The molecule has 2 rings (SSSR count). The molecule has 1 aromatic carbocycles. The zero-order valence-corrected chi connectivity index (χ0v) is 15.5. The number of piperazine rings is 1. The zero-order chi connectivity index (χ0) is 18.6. The van der Waals surface area contributed by atoms with Gasteiger partial charge in [0.2, 0.25) is 22.3 Å². The standard InChI is InChI=1S/C16H23N3O5S/c1-13-4-5-15(24-2)14(10-13)19(25(3,22)23)11-16(21)18-8-6-17(12-20)7-9-18/h4-5,10,12H,6-9,11H2,1-3H3. The van der Waals surface area contributed by atoms with Crippen molar-refractivity contribution in [1.29, 1.82) is 0 Å². The van der Waals surface area contributed by atoms with Gasteiger partial charge in [0.1, 0.15) is 12.3 Å². The number of rotatable bonds is 6. The van der Waals surface area contributed by atoms with Gasteiger partial charge in [0.05, 0.1) is 19.1 Å². The van der Waals surface area contributed by atoms with E-state index >= 15 is 0 Å². The van der Waals surface area contributed by atoms with E-state index in [4.69, 9.17) is 4.74 Å². The van der Waals surface area contributed by atoms with Crippen LogP contribution in [0.25, 0.3) is 0 Å². The minimum atomic E-state index is -3.68. The third-order valence-corrected chi connectivity index (χ3v) is 5.22. The topological polar surface area (TPSA) is 87.2 Å². The minimum absolute atomic E-state index is 0.306. The molecule has 0 N–H and O–H groups in total. The SMILES string of the molecule is COc1ccc(C)cc1N(CC(=O)N1CCN(C=O)CC1)S(C)(=O)=O. The first-order chi connectivity index (χ1) is 11.8. The lowest BCUT2D eigenvalue weighted by Crippen LogP contribution is -2.51. The average molecular weight is 369 g/mol. The molecule has 1 aromatic rings. The Morgan fingerprint density at radius 1 is 1.28 bits per heavy atom. The van der Waals surface area contributed by atoms with E-state index in [9.17, 15) is 18.0 Å². The molecule has 0 unspecified atom stereocenters. The fourth-order valence-corrected chi connectivity index (χ4v) is 3.52. The normalized spacial score (nSPS) is 15.0. The van der Waals surface area contributed by atoms with Gasteiger partial charge in [0.25, 0.3) is 0 Å². The van der Waals surface area contributed by atoms with Gasteiger partial charge in [-0.05, 0) is 24.6 Å². The van der Waals surface area contributed by atoms with Gasteiger partial charge >= 0.3 is 0 Å². The Morgan fingerprint density at radius 3 is 2.44 bits per heavy atom. The number of amides is 2. The number of methoxy groups -OCH3 is 1. The fourth-order valence-electron chi connectivity index (χ4n) is 2.68. The Balaban J connectivity index is 2.24. The summed E-state index contributed by atoms with van der Waals surface area (Å²) in [5, 5.41) is 0. The van der Waals surface area contributed by atoms with Crippen molar-refractivity contribution < 1.29 is 22.7 Å². The predicted molar refractivity (Wildman–Crippen MR) is 94.1 cm³/mol. The monoisotopic (exact) mass is 369 g/mol. The van der Waals surface area contributed by atoms with Crippen molar-refractivity contribution in [2.75, 3.05) is 50.4 Å². The lowest BCUT2D eigenvalue weighted by atomic mass is 10.2. The Morgan fingerprint density at radius 2 is 1.92 bits per heavy atom. The maximum absolute atomic E-state index is 12.6. The number of hydrogen-bond donors (Lipinski definition) is 0. The number of carbonyl (C=O) groups excluding carboxylic acids is 2. The average Bonchev–Trinajstić information content (AvgIpc) is 2.58. The second kappa shape index (κ2) is 7.73. The molecule has 0 aliphatic carbocycles. The summed E-state index contributed by atoms with van der Waals surface area (Å²) in [4.78, 5) is 26.5. The van der Waals surface area contributed by atoms with Crippen LogP contribution in [0.1, 0.15) is 5.56 Å². The summed E-state index contributed by atoms with van der Waals surface area (Å²) in [6.07, 6.45) is 1.81. The van der Waals surface area contributed by atoms with Gasteiger partial charge in [-0.25, -0.2) is 8.42 Å². The Labute approximate surface area is 148 Å². The molecule has 0 radical (unpaired) electrons.